The summed E-state index contributed by atoms with van der Waals surface area (Å²) in [6, 6.07) is 0. The minimum Gasteiger partial charge on any atom is -0.286 e. The summed E-state index contributed by atoms with van der Waals surface area (Å²) >= 11 is 0. The van der Waals surface area contributed by atoms with Crippen LogP contribution in [0.3, 0.4) is 0 Å². The molecule has 0 spiro atoms. The van der Waals surface area contributed by atoms with Crippen molar-refractivity contribution in [3.8, 4) is 0 Å². The summed E-state index contributed by atoms with van der Waals surface area (Å²) in [6.07, 6.45) is 7.03. The van der Waals surface area contributed by atoms with Gasteiger partial charge in [-0.05, 0) is 25.3 Å². The maximum absolute atomic E-state index is 4.25. The number of hydrazone groups is 1. The molecule has 2 heteroatoms. The van der Waals surface area contributed by atoms with Crippen molar-refractivity contribution in [2.24, 2.45) is 11.0 Å². The van der Waals surface area contributed by atoms with Gasteiger partial charge in [0.15, 0.2) is 0 Å². The minimum absolute atomic E-state index is 0.603. The Morgan fingerprint density at radius 3 is 2.00 bits per heavy atom. The zero-order valence-electron chi connectivity index (χ0n) is 14.9. The smallest absolute Gasteiger partial charge is 0.0423 e. The standard InChI is InChI=1S/C11H20N2.3C2H6/c1-4-6-7-11-9(3)13-12-8-10(11)5-2;3*1-2/h8,11-12H,4-7H2,1-3H3;3*1-2H3. The SMILES string of the molecule is CC.CC.CC.CCCCC1C(CC)=CNN=C1C. The fraction of sp³-hybridized carbons (Fsp3) is 0.824. The molecule has 1 rings (SSSR count). The van der Waals surface area contributed by atoms with Crippen LogP contribution in [0.2, 0.25) is 0 Å². The molecule has 0 fully saturated rings. The van der Waals surface area contributed by atoms with Gasteiger partial charge in [0.2, 0.25) is 0 Å². The minimum atomic E-state index is 0.603. The number of rotatable bonds is 4. The van der Waals surface area contributed by atoms with Crippen molar-refractivity contribution < 1.29 is 0 Å². The Morgan fingerprint density at radius 2 is 1.58 bits per heavy atom. The quantitative estimate of drug-likeness (QED) is 0.651. The Bertz CT molecular complexity index is 217. The Morgan fingerprint density at radius 1 is 1.05 bits per heavy atom. The Kier molecular flexibility index (Phi) is 24.0. The molecule has 0 aromatic rings. The molecule has 0 aromatic carbocycles. The van der Waals surface area contributed by atoms with Gasteiger partial charge in [-0.2, -0.15) is 5.10 Å². The average Bonchev–Trinajstić information content (AvgIpc) is 2.52. The van der Waals surface area contributed by atoms with Crippen LogP contribution in [-0.2, 0) is 0 Å². The van der Waals surface area contributed by atoms with Crippen LogP contribution in [0.4, 0.5) is 0 Å². The molecule has 1 heterocycles. The molecular formula is C17H38N2. The van der Waals surface area contributed by atoms with E-state index >= 15 is 0 Å². The maximum atomic E-state index is 4.25. The van der Waals surface area contributed by atoms with Crippen LogP contribution >= 0.6 is 0 Å². The van der Waals surface area contributed by atoms with E-state index < -0.39 is 0 Å². The second-order valence-electron chi connectivity index (χ2n) is 3.65. The number of unbranched alkanes of at least 4 members (excludes halogenated alkanes) is 1. The lowest BCUT2D eigenvalue weighted by Crippen LogP contribution is -2.22. The van der Waals surface area contributed by atoms with Crippen molar-refractivity contribution in [2.45, 2.75) is 88.0 Å². The molecule has 19 heavy (non-hydrogen) atoms. The largest absolute Gasteiger partial charge is 0.286 e. The summed E-state index contributed by atoms with van der Waals surface area (Å²) in [6.45, 7) is 18.6. The fourth-order valence-corrected chi connectivity index (χ4v) is 1.81. The van der Waals surface area contributed by atoms with Crippen LogP contribution in [0.5, 0.6) is 0 Å². The molecular weight excluding hydrogens is 232 g/mol. The highest BCUT2D eigenvalue weighted by Crippen LogP contribution is 2.24. The number of hydrogen-bond donors (Lipinski definition) is 1. The fourth-order valence-electron chi connectivity index (χ4n) is 1.81. The molecule has 0 saturated heterocycles. The van der Waals surface area contributed by atoms with E-state index in [4.69, 9.17) is 0 Å². The first kappa shape index (κ1) is 23.3. The molecule has 1 N–H and O–H groups in total. The topological polar surface area (TPSA) is 24.4 Å². The van der Waals surface area contributed by atoms with E-state index in [9.17, 15) is 0 Å². The second kappa shape index (κ2) is 19.5. The molecule has 0 amide bonds. The summed E-state index contributed by atoms with van der Waals surface area (Å²) in [5, 5.41) is 4.25. The van der Waals surface area contributed by atoms with Crippen molar-refractivity contribution in [2.75, 3.05) is 0 Å². The summed E-state index contributed by atoms with van der Waals surface area (Å²) in [7, 11) is 0. The van der Waals surface area contributed by atoms with E-state index in [1.807, 2.05) is 41.5 Å². The summed E-state index contributed by atoms with van der Waals surface area (Å²) in [4.78, 5) is 0. The average molecular weight is 271 g/mol. The van der Waals surface area contributed by atoms with E-state index in [1.165, 1.54) is 30.5 Å². The Hall–Kier alpha value is -0.790. The lowest BCUT2D eigenvalue weighted by molar-refractivity contribution is 0.608. The number of hydrogen-bond acceptors (Lipinski definition) is 2. The molecule has 0 aliphatic carbocycles. The molecule has 1 atom stereocenters. The van der Waals surface area contributed by atoms with Gasteiger partial charge in [-0.25, -0.2) is 0 Å². The van der Waals surface area contributed by atoms with Gasteiger partial charge in [0.05, 0.1) is 0 Å². The zero-order valence-corrected chi connectivity index (χ0v) is 14.9. The van der Waals surface area contributed by atoms with Crippen molar-refractivity contribution >= 4 is 5.71 Å². The van der Waals surface area contributed by atoms with Crippen LogP contribution in [0.15, 0.2) is 16.9 Å². The zero-order chi connectivity index (χ0) is 15.7. The highest BCUT2D eigenvalue weighted by atomic mass is 15.3. The number of nitrogens with zero attached hydrogens (tertiary/aromatic N) is 1. The summed E-state index contributed by atoms with van der Waals surface area (Å²) in [5.41, 5.74) is 5.71. The van der Waals surface area contributed by atoms with Gasteiger partial charge in [0.25, 0.3) is 0 Å². The van der Waals surface area contributed by atoms with E-state index in [0.717, 1.165) is 6.42 Å². The molecule has 1 unspecified atom stereocenters. The third kappa shape index (κ3) is 10.8. The molecule has 0 saturated carbocycles. The van der Waals surface area contributed by atoms with E-state index in [0.29, 0.717) is 5.92 Å². The normalized spacial score (nSPS) is 15.9. The second-order valence-corrected chi connectivity index (χ2v) is 3.65. The Balaban J connectivity index is -0.000000375. The van der Waals surface area contributed by atoms with E-state index in [1.54, 1.807) is 0 Å². The van der Waals surface area contributed by atoms with Crippen LogP contribution in [0.25, 0.3) is 0 Å². The molecule has 1 aliphatic heterocycles. The number of allylic oxidation sites excluding steroid dienone is 1. The van der Waals surface area contributed by atoms with E-state index in [2.05, 4.69) is 37.5 Å². The third-order valence-corrected chi connectivity index (χ3v) is 2.70. The van der Waals surface area contributed by atoms with Crippen LogP contribution in [-0.4, -0.2) is 5.71 Å². The van der Waals surface area contributed by atoms with Gasteiger partial charge in [-0.15, -0.1) is 0 Å². The molecule has 0 bridgehead atoms. The van der Waals surface area contributed by atoms with E-state index in [-0.39, 0.29) is 0 Å². The molecule has 2 nitrogen and oxygen atoms in total. The summed E-state index contributed by atoms with van der Waals surface area (Å²) < 4.78 is 0. The van der Waals surface area contributed by atoms with Gasteiger partial charge < -0.3 is 0 Å². The number of nitrogens with one attached hydrogen (secondary N) is 1. The van der Waals surface area contributed by atoms with Crippen molar-refractivity contribution in [1.29, 1.82) is 0 Å². The lowest BCUT2D eigenvalue weighted by atomic mass is 9.88. The molecule has 116 valence electrons. The first-order valence-corrected chi connectivity index (χ1v) is 8.28. The van der Waals surface area contributed by atoms with Crippen molar-refractivity contribution in [1.82, 2.24) is 5.43 Å². The predicted molar refractivity (Wildman–Crippen MR) is 91.7 cm³/mol. The van der Waals surface area contributed by atoms with Gasteiger partial charge >= 0.3 is 0 Å². The van der Waals surface area contributed by atoms with Crippen molar-refractivity contribution in [3.63, 3.8) is 0 Å². The van der Waals surface area contributed by atoms with Crippen LogP contribution < -0.4 is 5.43 Å². The van der Waals surface area contributed by atoms with Gasteiger partial charge in [-0.1, -0.05) is 68.2 Å². The first-order chi connectivity index (χ1) is 9.29. The molecule has 0 radical (unpaired) electrons. The molecule has 1 aliphatic rings. The highest BCUT2D eigenvalue weighted by molar-refractivity contribution is 5.87. The third-order valence-electron chi connectivity index (χ3n) is 2.70. The van der Waals surface area contributed by atoms with Crippen molar-refractivity contribution in [3.05, 3.63) is 11.8 Å². The van der Waals surface area contributed by atoms with Gasteiger partial charge in [0, 0.05) is 17.8 Å². The van der Waals surface area contributed by atoms with Crippen LogP contribution in [0, 0.1) is 5.92 Å². The predicted octanol–water partition coefficient (Wildman–Crippen LogP) is 6.14. The Labute approximate surface area is 122 Å². The van der Waals surface area contributed by atoms with Gasteiger partial charge in [-0.3, -0.25) is 5.43 Å². The summed E-state index contributed by atoms with van der Waals surface area (Å²) in [5.74, 6) is 0.603. The first-order valence-electron chi connectivity index (χ1n) is 8.28. The van der Waals surface area contributed by atoms with Crippen LogP contribution in [0.1, 0.15) is 88.0 Å². The lowest BCUT2D eigenvalue weighted by Gasteiger charge is -2.22. The molecule has 0 aromatic heterocycles. The monoisotopic (exact) mass is 270 g/mol. The van der Waals surface area contributed by atoms with Gasteiger partial charge in [0.1, 0.15) is 0 Å². The highest BCUT2D eigenvalue weighted by Gasteiger charge is 2.18. The maximum Gasteiger partial charge on any atom is 0.0423 e.